The highest BCUT2D eigenvalue weighted by molar-refractivity contribution is 7.99. The van der Waals surface area contributed by atoms with E-state index < -0.39 is 0 Å². The number of anilines is 1. The van der Waals surface area contributed by atoms with Gasteiger partial charge in [-0.25, -0.2) is 10.1 Å². The Hall–Kier alpha value is -3.27. The number of nitrogens with two attached hydrogens (primary N) is 1. The van der Waals surface area contributed by atoms with Crippen molar-refractivity contribution in [1.82, 2.24) is 20.2 Å². The largest absolute Gasteiger partial charge is 0.460 e. The predicted molar refractivity (Wildman–Crippen MR) is 109 cm³/mol. The van der Waals surface area contributed by atoms with Crippen LogP contribution in [0.3, 0.4) is 0 Å². The Bertz CT molecular complexity index is 952. The number of rotatable bonds is 8. The monoisotopic (exact) mass is 399 g/mol. The summed E-state index contributed by atoms with van der Waals surface area (Å²) in [4.78, 5) is 12.2. The van der Waals surface area contributed by atoms with Crippen LogP contribution < -0.4 is 16.6 Å². The third-order valence-electron chi connectivity index (χ3n) is 3.79. The molecule has 0 radical (unpaired) electrons. The second-order valence-corrected chi connectivity index (χ2v) is 6.93. The number of nitrogen functional groups attached to an aromatic ring is 1. The molecule has 0 spiro atoms. The van der Waals surface area contributed by atoms with Crippen molar-refractivity contribution in [3.05, 3.63) is 59.5 Å². The number of amides is 1. The van der Waals surface area contributed by atoms with Crippen LogP contribution in [0.25, 0.3) is 0 Å². The summed E-state index contributed by atoms with van der Waals surface area (Å²) in [5.74, 6) is 7.64. The van der Waals surface area contributed by atoms with E-state index in [1.165, 1.54) is 22.7 Å². The topological polar surface area (TPSA) is 123 Å². The van der Waals surface area contributed by atoms with Gasteiger partial charge in [0.2, 0.25) is 11.1 Å². The van der Waals surface area contributed by atoms with Crippen LogP contribution in [0.4, 0.5) is 5.95 Å². The van der Waals surface area contributed by atoms with E-state index in [4.69, 9.17) is 10.3 Å². The number of carbonyl (C=O) groups excluding carboxylic acids is 1. The number of hydrazone groups is 1. The average Bonchev–Trinajstić information content (AvgIpc) is 3.26. The zero-order chi connectivity index (χ0) is 19.9. The minimum Gasteiger partial charge on any atom is -0.460 e. The molecular formula is C18H21N7O2S. The number of hydrogen-bond acceptors (Lipinski definition) is 8. The first-order valence-corrected chi connectivity index (χ1v) is 9.54. The van der Waals surface area contributed by atoms with Crippen molar-refractivity contribution < 1.29 is 9.21 Å². The third-order valence-corrected chi connectivity index (χ3v) is 4.73. The standard InChI is InChI=1S/C18H21N7O2S/c1-12-8-9-15(27-12)10-20-22-17-23-24-18(25(17)19)28-11-16(26)21-13(2)14-6-4-3-5-7-14/h3-10,13H,11,19H2,1-2H3,(H,21,26)(H,22,23)/b20-10+. The van der Waals surface area contributed by atoms with Crippen LogP contribution in [-0.4, -0.2) is 32.7 Å². The summed E-state index contributed by atoms with van der Waals surface area (Å²) in [7, 11) is 0. The molecule has 0 aliphatic carbocycles. The van der Waals surface area contributed by atoms with Crippen LogP contribution in [0.2, 0.25) is 0 Å². The number of furan rings is 1. The number of hydrogen-bond donors (Lipinski definition) is 3. The quantitative estimate of drug-likeness (QED) is 0.230. The number of thioether (sulfide) groups is 1. The van der Waals surface area contributed by atoms with Gasteiger partial charge in [-0.2, -0.15) is 5.10 Å². The van der Waals surface area contributed by atoms with E-state index in [1.54, 1.807) is 6.07 Å². The first-order chi connectivity index (χ1) is 13.5. The van der Waals surface area contributed by atoms with Crippen molar-refractivity contribution in [2.24, 2.45) is 5.10 Å². The molecule has 0 saturated heterocycles. The highest BCUT2D eigenvalue weighted by Gasteiger charge is 2.14. The Balaban J connectivity index is 1.49. The second-order valence-electron chi connectivity index (χ2n) is 5.98. The van der Waals surface area contributed by atoms with Crippen molar-refractivity contribution in [2.45, 2.75) is 25.0 Å². The second kappa shape index (κ2) is 9.09. The molecule has 1 unspecified atom stereocenters. The first-order valence-electron chi connectivity index (χ1n) is 8.56. The zero-order valence-electron chi connectivity index (χ0n) is 15.5. The molecule has 4 N–H and O–H groups in total. The van der Waals surface area contributed by atoms with Crippen molar-refractivity contribution in [3.8, 4) is 0 Å². The molecule has 3 aromatic rings. The summed E-state index contributed by atoms with van der Waals surface area (Å²) < 4.78 is 6.61. The first kappa shape index (κ1) is 19.5. The lowest BCUT2D eigenvalue weighted by atomic mass is 10.1. The smallest absolute Gasteiger partial charge is 0.264 e. The lowest BCUT2D eigenvalue weighted by molar-refractivity contribution is -0.119. The molecule has 0 fully saturated rings. The Morgan fingerprint density at radius 3 is 2.82 bits per heavy atom. The van der Waals surface area contributed by atoms with Gasteiger partial charge in [-0.05, 0) is 31.5 Å². The molecule has 2 aromatic heterocycles. The average molecular weight is 399 g/mol. The summed E-state index contributed by atoms with van der Waals surface area (Å²) in [6.45, 7) is 3.78. The van der Waals surface area contributed by atoms with Gasteiger partial charge in [0.05, 0.1) is 18.0 Å². The van der Waals surface area contributed by atoms with Gasteiger partial charge in [-0.15, -0.1) is 10.2 Å². The molecule has 0 bridgehead atoms. The van der Waals surface area contributed by atoms with Crippen LogP contribution in [0.1, 0.15) is 30.0 Å². The number of benzene rings is 1. The van der Waals surface area contributed by atoms with E-state index in [0.29, 0.717) is 10.9 Å². The molecule has 2 heterocycles. The lowest BCUT2D eigenvalue weighted by Gasteiger charge is -2.13. The van der Waals surface area contributed by atoms with Gasteiger partial charge in [0.1, 0.15) is 11.5 Å². The van der Waals surface area contributed by atoms with Crippen LogP contribution in [-0.2, 0) is 4.79 Å². The van der Waals surface area contributed by atoms with E-state index in [0.717, 1.165) is 11.3 Å². The lowest BCUT2D eigenvalue weighted by Crippen LogP contribution is -2.28. The maximum absolute atomic E-state index is 12.2. The molecule has 28 heavy (non-hydrogen) atoms. The van der Waals surface area contributed by atoms with Crippen molar-refractivity contribution in [2.75, 3.05) is 17.0 Å². The molecule has 146 valence electrons. The highest BCUT2D eigenvalue weighted by Crippen LogP contribution is 2.17. The van der Waals surface area contributed by atoms with Crippen LogP contribution in [0.15, 0.2) is 57.1 Å². The molecule has 0 aliphatic rings. The van der Waals surface area contributed by atoms with Crippen molar-refractivity contribution in [3.63, 3.8) is 0 Å². The third kappa shape index (κ3) is 5.13. The van der Waals surface area contributed by atoms with Crippen LogP contribution in [0.5, 0.6) is 0 Å². The Kier molecular flexibility index (Phi) is 6.33. The van der Waals surface area contributed by atoms with Gasteiger partial charge in [0.15, 0.2) is 0 Å². The summed E-state index contributed by atoms with van der Waals surface area (Å²) in [5, 5.41) is 15.2. The fourth-order valence-electron chi connectivity index (χ4n) is 2.37. The molecule has 0 saturated carbocycles. The van der Waals surface area contributed by atoms with Crippen LogP contribution >= 0.6 is 11.8 Å². The molecule has 1 aromatic carbocycles. The van der Waals surface area contributed by atoms with Crippen molar-refractivity contribution in [1.29, 1.82) is 0 Å². The maximum Gasteiger partial charge on any atom is 0.264 e. The number of nitrogens with zero attached hydrogens (tertiary/aromatic N) is 4. The summed E-state index contributed by atoms with van der Waals surface area (Å²) in [6.07, 6.45) is 1.51. The SMILES string of the molecule is Cc1ccc(/C=N/Nc2nnc(SCC(=O)NC(C)c3ccccc3)n2N)o1. The van der Waals surface area contributed by atoms with E-state index in [1.807, 2.05) is 50.2 Å². The van der Waals surface area contributed by atoms with Crippen molar-refractivity contribution >= 4 is 29.8 Å². The van der Waals surface area contributed by atoms with Gasteiger partial charge in [0, 0.05) is 0 Å². The molecule has 10 heteroatoms. The molecular weight excluding hydrogens is 378 g/mol. The van der Waals surface area contributed by atoms with E-state index in [2.05, 4.69) is 26.0 Å². The molecule has 3 rings (SSSR count). The van der Waals surface area contributed by atoms with Gasteiger partial charge >= 0.3 is 0 Å². The highest BCUT2D eigenvalue weighted by atomic mass is 32.2. The normalized spacial score (nSPS) is 12.2. The van der Waals surface area contributed by atoms with Crippen LogP contribution in [0, 0.1) is 6.92 Å². The Morgan fingerprint density at radius 1 is 1.32 bits per heavy atom. The summed E-state index contributed by atoms with van der Waals surface area (Å²) >= 11 is 1.19. The fraction of sp³-hybridized carbons (Fsp3) is 0.222. The van der Waals surface area contributed by atoms with E-state index in [9.17, 15) is 4.79 Å². The minimum absolute atomic E-state index is 0.0816. The number of aryl methyl sites for hydroxylation is 1. The number of nitrogens with one attached hydrogen (secondary N) is 2. The number of aromatic nitrogens is 3. The van der Waals surface area contributed by atoms with Gasteiger partial charge < -0.3 is 15.6 Å². The van der Waals surface area contributed by atoms with Gasteiger partial charge in [-0.3, -0.25) is 4.79 Å². The zero-order valence-corrected chi connectivity index (χ0v) is 16.3. The Labute approximate surface area is 166 Å². The van der Waals surface area contributed by atoms with E-state index >= 15 is 0 Å². The predicted octanol–water partition coefficient (Wildman–Crippen LogP) is 2.31. The van der Waals surface area contributed by atoms with Gasteiger partial charge in [-0.1, -0.05) is 42.1 Å². The minimum atomic E-state index is -0.120. The molecule has 1 amide bonds. The fourth-order valence-corrected chi connectivity index (χ4v) is 3.03. The maximum atomic E-state index is 12.2. The number of carbonyl (C=O) groups is 1. The molecule has 9 nitrogen and oxygen atoms in total. The molecule has 0 aliphatic heterocycles. The molecule has 1 atom stereocenters. The summed E-state index contributed by atoms with van der Waals surface area (Å²) in [5.41, 5.74) is 3.73. The van der Waals surface area contributed by atoms with Gasteiger partial charge in [0.25, 0.3) is 5.95 Å². The summed E-state index contributed by atoms with van der Waals surface area (Å²) in [6, 6.07) is 13.3. The Morgan fingerprint density at radius 2 is 2.11 bits per heavy atom. The van der Waals surface area contributed by atoms with E-state index in [-0.39, 0.29) is 23.7 Å².